The molecule has 6 heteroatoms. The minimum atomic E-state index is 0.330. The van der Waals surface area contributed by atoms with Crippen LogP contribution in [0.4, 0.5) is 0 Å². The summed E-state index contributed by atoms with van der Waals surface area (Å²) in [6.45, 7) is 8.64. The van der Waals surface area contributed by atoms with Gasteiger partial charge in [-0.2, -0.15) is 0 Å². The molecule has 0 spiro atoms. The average molecular weight is 328 g/mol. The molecule has 0 aliphatic carbocycles. The lowest BCUT2D eigenvalue weighted by Gasteiger charge is -2.23. The third kappa shape index (κ3) is 3.66. The lowest BCUT2D eigenvalue weighted by molar-refractivity contribution is 0.0509. The number of aryl methyl sites for hydroxylation is 1. The van der Waals surface area contributed by atoms with Crippen molar-refractivity contribution in [2.75, 3.05) is 32.8 Å². The van der Waals surface area contributed by atoms with Gasteiger partial charge in [-0.25, -0.2) is 0 Å². The van der Waals surface area contributed by atoms with E-state index in [0.29, 0.717) is 12.0 Å². The van der Waals surface area contributed by atoms with E-state index in [1.54, 1.807) is 0 Å². The van der Waals surface area contributed by atoms with Crippen LogP contribution in [0, 0.1) is 12.8 Å². The third-order valence-electron chi connectivity index (χ3n) is 4.88. The maximum atomic E-state index is 6.13. The highest BCUT2D eigenvalue weighted by Gasteiger charge is 2.36. The van der Waals surface area contributed by atoms with E-state index in [1.165, 1.54) is 5.56 Å². The van der Waals surface area contributed by atoms with Gasteiger partial charge in [0.25, 0.3) is 0 Å². The number of ether oxygens (including phenoxy) is 1. The number of pyridine rings is 1. The smallest absolute Gasteiger partial charge is 0.133 e. The van der Waals surface area contributed by atoms with Crippen molar-refractivity contribution in [1.82, 2.24) is 19.9 Å². The van der Waals surface area contributed by atoms with E-state index >= 15 is 0 Å². The zero-order valence-electron chi connectivity index (χ0n) is 14.1. The van der Waals surface area contributed by atoms with Crippen molar-refractivity contribution in [2.45, 2.75) is 26.1 Å². The molecule has 0 N–H and O–H groups in total. The number of likely N-dealkylation sites (tertiary alicyclic amines) is 1. The maximum Gasteiger partial charge on any atom is 0.133 e. The fourth-order valence-corrected chi connectivity index (χ4v) is 3.79. The lowest BCUT2D eigenvalue weighted by atomic mass is 10.1. The van der Waals surface area contributed by atoms with Crippen LogP contribution in [0.25, 0.3) is 0 Å². The SMILES string of the molecule is Cc1cc(CN2C[C@@H]3CN(Cc4cccnc4)CCO[C@@H]3C2)no1. The Morgan fingerprint density at radius 3 is 2.92 bits per heavy atom. The molecule has 2 aromatic heterocycles. The molecule has 2 saturated heterocycles. The van der Waals surface area contributed by atoms with Crippen molar-refractivity contribution < 1.29 is 9.26 Å². The zero-order chi connectivity index (χ0) is 16.4. The van der Waals surface area contributed by atoms with Crippen molar-refractivity contribution >= 4 is 0 Å². The maximum absolute atomic E-state index is 6.13. The fraction of sp³-hybridized carbons (Fsp3) is 0.556. The Labute approximate surface area is 142 Å². The molecule has 128 valence electrons. The van der Waals surface area contributed by atoms with Crippen LogP contribution in [-0.4, -0.2) is 58.8 Å². The van der Waals surface area contributed by atoms with E-state index in [9.17, 15) is 0 Å². The molecule has 2 aliphatic heterocycles. The molecule has 0 radical (unpaired) electrons. The van der Waals surface area contributed by atoms with Crippen molar-refractivity contribution in [1.29, 1.82) is 0 Å². The molecule has 2 atom stereocenters. The predicted octanol–water partition coefficient (Wildman–Crippen LogP) is 1.71. The first kappa shape index (κ1) is 15.7. The standard InChI is InChI=1S/C18H24N4O2/c1-14-7-17(20-24-14)12-22-11-16-10-21(5-6-23-18(16)13-22)9-15-3-2-4-19-8-15/h2-4,7-8,16,18H,5-6,9-13H2,1H3/t16-,18+/m0/s1. The summed E-state index contributed by atoms with van der Waals surface area (Å²) >= 11 is 0. The average Bonchev–Trinajstić information content (AvgIpc) is 3.10. The van der Waals surface area contributed by atoms with Crippen molar-refractivity contribution in [3.63, 3.8) is 0 Å². The molecule has 6 nitrogen and oxygen atoms in total. The summed E-state index contributed by atoms with van der Waals surface area (Å²) in [6, 6.07) is 6.16. The van der Waals surface area contributed by atoms with Crippen LogP contribution >= 0.6 is 0 Å². The minimum Gasteiger partial charge on any atom is -0.375 e. The summed E-state index contributed by atoms with van der Waals surface area (Å²) < 4.78 is 11.3. The minimum absolute atomic E-state index is 0.330. The molecule has 24 heavy (non-hydrogen) atoms. The highest BCUT2D eigenvalue weighted by Crippen LogP contribution is 2.25. The van der Waals surface area contributed by atoms with Gasteiger partial charge >= 0.3 is 0 Å². The van der Waals surface area contributed by atoms with Gasteiger partial charge < -0.3 is 9.26 Å². The Morgan fingerprint density at radius 2 is 2.12 bits per heavy atom. The summed E-state index contributed by atoms with van der Waals surface area (Å²) in [5, 5.41) is 4.11. The van der Waals surface area contributed by atoms with Crippen LogP contribution in [0.5, 0.6) is 0 Å². The summed E-state index contributed by atoms with van der Waals surface area (Å²) in [5.41, 5.74) is 2.28. The van der Waals surface area contributed by atoms with E-state index in [2.05, 4.69) is 26.0 Å². The van der Waals surface area contributed by atoms with Gasteiger partial charge in [0.15, 0.2) is 0 Å². The van der Waals surface area contributed by atoms with Crippen molar-refractivity contribution in [2.24, 2.45) is 5.92 Å². The first-order chi connectivity index (χ1) is 11.8. The van der Waals surface area contributed by atoms with Gasteiger partial charge in [0.05, 0.1) is 18.4 Å². The zero-order valence-corrected chi connectivity index (χ0v) is 14.1. The molecule has 0 bridgehead atoms. The van der Waals surface area contributed by atoms with Gasteiger partial charge in [-0.15, -0.1) is 0 Å². The summed E-state index contributed by atoms with van der Waals surface area (Å²) in [4.78, 5) is 9.14. The number of nitrogens with zero attached hydrogens (tertiary/aromatic N) is 4. The van der Waals surface area contributed by atoms with Gasteiger partial charge in [0.2, 0.25) is 0 Å². The van der Waals surface area contributed by atoms with Gasteiger partial charge in [-0.05, 0) is 18.6 Å². The van der Waals surface area contributed by atoms with E-state index < -0.39 is 0 Å². The van der Waals surface area contributed by atoms with E-state index in [-0.39, 0.29) is 0 Å². The monoisotopic (exact) mass is 328 g/mol. The van der Waals surface area contributed by atoms with Crippen LogP contribution in [0.1, 0.15) is 17.0 Å². The molecule has 0 saturated carbocycles. The highest BCUT2D eigenvalue weighted by molar-refractivity contribution is 5.08. The largest absolute Gasteiger partial charge is 0.375 e. The molecule has 0 unspecified atom stereocenters. The Morgan fingerprint density at radius 1 is 1.21 bits per heavy atom. The second-order valence-corrected chi connectivity index (χ2v) is 6.89. The van der Waals surface area contributed by atoms with Gasteiger partial charge in [-0.1, -0.05) is 11.2 Å². The number of hydrogen-bond acceptors (Lipinski definition) is 6. The predicted molar refractivity (Wildman–Crippen MR) is 89.3 cm³/mol. The molecular weight excluding hydrogens is 304 g/mol. The molecule has 4 rings (SSSR count). The van der Waals surface area contributed by atoms with Gasteiger partial charge in [0.1, 0.15) is 5.76 Å². The van der Waals surface area contributed by atoms with Crippen LogP contribution in [0.2, 0.25) is 0 Å². The number of hydrogen-bond donors (Lipinski definition) is 0. The quantitative estimate of drug-likeness (QED) is 0.852. The first-order valence-corrected chi connectivity index (χ1v) is 8.63. The lowest BCUT2D eigenvalue weighted by Crippen LogP contribution is -2.32. The molecule has 4 heterocycles. The topological polar surface area (TPSA) is 54.6 Å². The molecule has 0 aromatic carbocycles. The summed E-state index contributed by atoms with van der Waals surface area (Å²) in [6.07, 6.45) is 4.11. The number of aromatic nitrogens is 2. The van der Waals surface area contributed by atoms with Crippen LogP contribution in [0.3, 0.4) is 0 Å². The van der Waals surface area contributed by atoms with E-state index in [0.717, 1.165) is 57.3 Å². The molecule has 0 amide bonds. The van der Waals surface area contributed by atoms with Crippen LogP contribution in [-0.2, 0) is 17.8 Å². The Kier molecular flexibility index (Phi) is 4.60. The van der Waals surface area contributed by atoms with Crippen LogP contribution < -0.4 is 0 Å². The van der Waals surface area contributed by atoms with Crippen molar-refractivity contribution in [3.8, 4) is 0 Å². The second-order valence-electron chi connectivity index (χ2n) is 6.89. The second kappa shape index (κ2) is 7.01. The Balaban J connectivity index is 1.36. The Hall–Kier alpha value is -1.76. The molecule has 2 aliphatic rings. The molecule has 2 fully saturated rings. The number of rotatable bonds is 4. The first-order valence-electron chi connectivity index (χ1n) is 8.63. The molecular formula is C18H24N4O2. The van der Waals surface area contributed by atoms with Gasteiger partial charge in [0, 0.05) is 63.6 Å². The Bertz CT molecular complexity index is 660. The van der Waals surface area contributed by atoms with Crippen LogP contribution in [0.15, 0.2) is 35.1 Å². The normalized spacial score (nSPS) is 25.5. The fourth-order valence-electron chi connectivity index (χ4n) is 3.79. The summed E-state index contributed by atoms with van der Waals surface area (Å²) in [7, 11) is 0. The summed E-state index contributed by atoms with van der Waals surface area (Å²) in [5.74, 6) is 1.43. The molecule has 2 aromatic rings. The van der Waals surface area contributed by atoms with Gasteiger partial charge in [-0.3, -0.25) is 14.8 Å². The van der Waals surface area contributed by atoms with E-state index in [1.807, 2.05) is 31.5 Å². The number of fused-ring (bicyclic) bond motifs is 1. The van der Waals surface area contributed by atoms with E-state index in [4.69, 9.17) is 9.26 Å². The highest BCUT2D eigenvalue weighted by atomic mass is 16.5. The van der Waals surface area contributed by atoms with Crippen molar-refractivity contribution in [3.05, 3.63) is 47.6 Å². The third-order valence-corrected chi connectivity index (χ3v) is 4.88.